The fourth-order valence-corrected chi connectivity index (χ4v) is 4.10. The molecule has 1 aliphatic carbocycles. The zero-order chi connectivity index (χ0) is 19.3. The number of carboxylic acids is 1. The average Bonchev–Trinajstić information content (AvgIpc) is 3.32. The molecule has 1 saturated heterocycles. The fraction of sp³-hybridized carbons (Fsp3) is 0.421. The van der Waals surface area contributed by atoms with Crippen molar-refractivity contribution in [2.24, 2.45) is 0 Å². The van der Waals surface area contributed by atoms with Gasteiger partial charge in [-0.15, -0.1) is 0 Å². The highest BCUT2D eigenvalue weighted by atomic mass is 19.2. The van der Waals surface area contributed by atoms with E-state index in [-0.39, 0.29) is 11.4 Å². The maximum atomic E-state index is 14.3. The Morgan fingerprint density at radius 2 is 2.00 bits per heavy atom. The van der Waals surface area contributed by atoms with Crippen LogP contribution in [0.5, 0.6) is 0 Å². The summed E-state index contributed by atoms with van der Waals surface area (Å²) in [4.78, 5) is 26.2. The van der Waals surface area contributed by atoms with Crippen LogP contribution >= 0.6 is 0 Å². The maximum Gasteiger partial charge on any atom is 0.329 e. The summed E-state index contributed by atoms with van der Waals surface area (Å²) in [7, 11) is 0. The van der Waals surface area contributed by atoms with Gasteiger partial charge in [0.15, 0.2) is 17.3 Å². The number of amides is 1. The number of carbonyl (C=O) groups excluding carboxylic acids is 1. The molecule has 0 bridgehead atoms. The third kappa shape index (κ3) is 2.54. The van der Waals surface area contributed by atoms with Gasteiger partial charge in [-0.2, -0.15) is 5.10 Å². The van der Waals surface area contributed by atoms with Crippen LogP contribution in [0.1, 0.15) is 47.9 Å². The molecule has 0 radical (unpaired) electrons. The van der Waals surface area contributed by atoms with Crippen LogP contribution in [0, 0.1) is 11.6 Å². The highest BCUT2D eigenvalue weighted by molar-refractivity contribution is 5.98. The van der Waals surface area contributed by atoms with Gasteiger partial charge in [0.2, 0.25) is 0 Å². The van der Waals surface area contributed by atoms with Crippen molar-refractivity contribution in [3.8, 4) is 5.69 Å². The van der Waals surface area contributed by atoms with Crippen molar-refractivity contribution in [3.05, 3.63) is 46.8 Å². The molecule has 1 aromatic carbocycles. The number of carbonyl (C=O) groups is 2. The summed E-state index contributed by atoms with van der Waals surface area (Å²) < 4.78 is 29.2. The smallest absolute Gasteiger partial charge is 0.329 e. The second-order valence-electron chi connectivity index (χ2n) is 7.25. The summed E-state index contributed by atoms with van der Waals surface area (Å²) in [5, 5.41) is 13.9. The van der Waals surface area contributed by atoms with Crippen molar-refractivity contribution in [1.29, 1.82) is 0 Å². The molecule has 2 aromatic rings. The molecule has 1 aliphatic heterocycles. The van der Waals surface area contributed by atoms with Gasteiger partial charge >= 0.3 is 5.97 Å². The van der Waals surface area contributed by atoms with Gasteiger partial charge in [-0.3, -0.25) is 4.79 Å². The quantitative estimate of drug-likeness (QED) is 0.895. The molecule has 2 heterocycles. The van der Waals surface area contributed by atoms with Crippen molar-refractivity contribution in [2.45, 2.75) is 44.6 Å². The molecular formula is C19H19F2N3O3. The predicted molar refractivity (Wildman–Crippen MR) is 91.8 cm³/mol. The molecule has 1 amide bonds. The summed E-state index contributed by atoms with van der Waals surface area (Å²) in [6.45, 7) is 1.86. The summed E-state index contributed by atoms with van der Waals surface area (Å²) in [6, 6.07) is 3.83. The standard InChI is InChI=1S/C19H19F2N3O3/c1-19(18(26)27)9-4-10-23(19)17(25)16-11-5-2-7-13(11)24(22-16)14-8-3-6-12(20)15(14)21/h3,6,8H,2,4-5,7,9-10H2,1H3,(H,26,27). The van der Waals surface area contributed by atoms with Gasteiger partial charge < -0.3 is 10.0 Å². The Balaban J connectivity index is 1.81. The molecular weight excluding hydrogens is 356 g/mol. The number of aliphatic carboxylic acids is 1. The van der Waals surface area contributed by atoms with Gasteiger partial charge in [0.25, 0.3) is 5.91 Å². The van der Waals surface area contributed by atoms with Crippen LogP contribution < -0.4 is 0 Å². The van der Waals surface area contributed by atoms with E-state index in [9.17, 15) is 23.5 Å². The normalized spacial score (nSPS) is 21.5. The summed E-state index contributed by atoms with van der Waals surface area (Å²) >= 11 is 0. The third-order valence-corrected chi connectivity index (χ3v) is 5.64. The molecule has 4 rings (SSSR count). The van der Waals surface area contributed by atoms with Crippen LogP contribution in [-0.4, -0.2) is 43.7 Å². The van der Waals surface area contributed by atoms with Crippen molar-refractivity contribution in [3.63, 3.8) is 0 Å². The number of carboxylic acid groups (broad SMARTS) is 1. The van der Waals surface area contributed by atoms with Crippen LogP contribution in [-0.2, 0) is 17.6 Å². The molecule has 0 spiro atoms. The molecule has 1 N–H and O–H groups in total. The third-order valence-electron chi connectivity index (χ3n) is 5.64. The Morgan fingerprint density at radius 3 is 2.74 bits per heavy atom. The number of benzene rings is 1. The number of halogens is 2. The number of nitrogens with zero attached hydrogens (tertiary/aromatic N) is 3. The highest BCUT2D eigenvalue weighted by Crippen LogP contribution is 2.34. The molecule has 1 fully saturated rings. The lowest BCUT2D eigenvalue weighted by Crippen LogP contribution is -2.51. The fourth-order valence-electron chi connectivity index (χ4n) is 4.10. The van der Waals surface area contributed by atoms with E-state index in [0.29, 0.717) is 43.5 Å². The van der Waals surface area contributed by atoms with Crippen LogP contribution in [0.4, 0.5) is 8.78 Å². The Kier molecular flexibility index (Phi) is 4.01. The van der Waals surface area contributed by atoms with E-state index in [1.54, 1.807) is 0 Å². The van der Waals surface area contributed by atoms with Crippen LogP contribution in [0.15, 0.2) is 18.2 Å². The molecule has 8 heteroatoms. The number of hydrogen-bond acceptors (Lipinski definition) is 3. The minimum absolute atomic E-state index is 0.0466. The minimum atomic E-state index is -1.28. The predicted octanol–water partition coefficient (Wildman–Crippen LogP) is 2.72. The summed E-state index contributed by atoms with van der Waals surface area (Å²) in [5.41, 5.74) is 0.189. The molecule has 1 unspecified atom stereocenters. The first-order valence-electron chi connectivity index (χ1n) is 8.95. The second-order valence-corrected chi connectivity index (χ2v) is 7.25. The van der Waals surface area contributed by atoms with Gasteiger partial charge in [0, 0.05) is 17.8 Å². The Hall–Kier alpha value is -2.77. The molecule has 0 saturated carbocycles. The van der Waals surface area contributed by atoms with Crippen molar-refractivity contribution in [1.82, 2.24) is 14.7 Å². The number of rotatable bonds is 3. The van der Waals surface area contributed by atoms with Gasteiger partial charge in [0.05, 0.1) is 0 Å². The van der Waals surface area contributed by atoms with Crippen molar-refractivity contribution < 1.29 is 23.5 Å². The summed E-state index contributed by atoms with van der Waals surface area (Å²) in [6.07, 6.45) is 2.94. The molecule has 142 valence electrons. The molecule has 27 heavy (non-hydrogen) atoms. The Bertz CT molecular complexity index is 956. The van der Waals surface area contributed by atoms with E-state index < -0.39 is 29.0 Å². The van der Waals surface area contributed by atoms with Gasteiger partial charge in [-0.1, -0.05) is 6.07 Å². The first-order valence-corrected chi connectivity index (χ1v) is 8.95. The van der Waals surface area contributed by atoms with Crippen LogP contribution in [0.2, 0.25) is 0 Å². The number of fused-ring (bicyclic) bond motifs is 1. The zero-order valence-electron chi connectivity index (χ0n) is 14.8. The highest BCUT2D eigenvalue weighted by Gasteiger charge is 2.47. The first-order chi connectivity index (χ1) is 12.8. The minimum Gasteiger partial charge on any atom is -0.480 e. The van der Waals surface area contributed by atoms with E-state index in [1.165, 1.54) is 28.6 Å². The first kappa shape index (κ1) is 17.6. The largest absolute Gasteiger partial charge is 0.480 e. The molecule has 1 atom stereocenters. The SMILES string of the molecule is CC1(C(=O)O)CCCN1C(=O)c1nn(-c2cccc(F)c2F)c2c1CCC2. The van der Waals surface area contributed by atoms with Gasteiger partial charge in [0.1, 0.15) is 11.2 Å². The Morgan fingerprint density at radius 1 is 1.22 bits per heavy atom. The monoisotopic (exact) mass is 375 g/mol. The van der Waals surface area contributed by atoms with Gasteiger partial charge in [-0.25, -0.2) is 18.3 Å². The van der Waals surface area contributed by atoms with E-state index in [0.717, 1.165) is 12.5 Å². The topological polar surface area (TPSA) is 75.4 Å². The lowest BCUT2D eigenvalue weighted by molar-refractivity contribution is -0.147. The van der Waals surface area contributed by atoms with Gasteiger partial charge in [-0.05, 0) is 51.2 Å². The van der Waals surface area contributed by atoms with Crippen LogP contribution in [0.3, 0.4) is 0 Å². The summed E-state index contributed by atoms with van der Waals surface area (Å²) in [5.74, 6) is -3.53. The van der Waals surface area contributed by atoms with E-state index in [2.05, 4.69) is 5.10 Å². The molecule has 1 aromatic heterocycles. The van der Waals surface area contributed by atoms with Crippen molar-refractivity contribution in [2.75, 3.05) is 6.54 Å². The zero-order valence-corrected chi connectivity index (χ0v) is 14.8. The van der Waals surface area contributed by atoms with E-state index in [1.807, 2.05) is 0 Å². The number of aromatic nitrogens is 2. The lowest BCUT2D eigenvalue weighted by Gasteiger charge is -2.30. The van der Waals surface area contributed by atoms with Crippen molar-refractivity contribution >= 4 is 11.9 Å². The maximum absolute atomic E-state index is 14.3. The molecule has 6 nitrogen and oxygen atoms in total. The average molecular weight is 375 g/mol. The molecule has 2 aliphatic rings. The van der Waals surface area contributed by atoms with E-state index in [4.69, 9.17) is 0 Å². The number of hydrogen-bond donors (Lipinski definition) is 1. The number of likely N-dealkylation sites (tertiary alicyclic amines) is 1. The second kappa shape index (κ2) is 6.14. The van der Waals surface area contributed by atoms with E-state index >= 15 is 0 Å². The lowest BCUT2D eigenvalue weighted by atomic mass is 9.99. The van der Waals surface area contributed by atoms with Crippen LogP contribution in [0.25, 0.3) is 5.69 Å². The Labute approximate surface area is 154 Å².